The van der Waals surface area contributed by atoms with Gasteiger partial charge in [-0.25, -0.2) is 0 Å². The highest BCUT2D eigenvalue weighted by atomic mass is 32.1. The largest absolute Gasteiger partial charge is 0.416 e. The second kappa shape index (κ2) is 6.93. The Morgan fingerprint density at radius 1 is 1.22 bits per heavy atom. The van der Waals surface area contributed by atoms with Gasteiger partial charge in [-0.05, 0) is 23.8 Å². The van der Waals surface area contributed by atoms with Gasteiger partial charge in [0.15, 0.2) is 5.13 Å². The topological polar surface area (TPSA) is 105 Å². The van der Waals surface area contributed by atoms with E-state index in [1.54, 1.807) is 24.3 Å². The number of non-ortho nitro benzene ring substituents is 1. The van der Waals surface area contributed by atoms with Crippen molar-refractivity contribution in [2.75, 3.05) is 5.32 Å². The highest BCUT2D eigenvalue weighted by Crippen LogP contribution is 2.38. The van der Waals surface area contributed by atoms with Crippen LogP contribution in [0.15, 0.2) is 41.2 Å². The highest BCUT2D eigenvalue weighted by Gasteiger charge is 2.34. The Kier molecular flexibility index (Phi) is 4.81. The number of anilines is 2. The van der Waals surface area contributed by atoms with Crippen molar-refractivity contribution < 1.29 is 23.2 Å². The average Bonchev–Trinajstić information content (AvgIpc) is 2.60. The fourth-order valence-electron chi connectivity index (χ4n) is 2.32. The van der Waals surface area contributed by atoms with E-state index < -0.39 is 33.3 Å². The second-order valence-electron chi connectivity index (χ2n) is 5.43. The Morgan fingerprint density at radius 3 is 2.44 bits per heavy atom. The molecule has 7 nitrogen and oxygen atoms in total. The van der Waals surface area contributed by atoms with Crippen LogP contribution in [0, 0.1) is 10.1 Å². The zero-order chi connectivity index (χ0) is 19.8. The number of nitrogens with one attached hydrogen (secondary N) is 1. The van der Waals surface area contributed by atoms with Crippen molar-refractivity contribution in [1.82, 2.24) is 4.98 Å². The number of nitrogens with zero attached hydrogens (tertiary/aromatic N) is 2. The van der Waals surface area contributed by atoms with Crippen LogP contribution >= 0.6 is 11.3 Å². The predicted octanol–water partition coefficient (Wildman–Crippen LogP) is 3.82. The number of alkyl halides is 3. The van der Waals surface area contributed by atoms with Crippen LogP contribution in [-0.2, 0) is 12.8 Å². The maximum Gasteiger partial charge on any atom is 0.416 e. The number of nitro groups is 1. The summed E-state index contributed by atoms with van der Waals surface area (Å²) in [7, 11) is 0. The molecule has 2 N–H and O–H groups in total. The van der Waals surface area contributed by atoms with Crippen molar-refractivity contribution in [2.24, 2.45) is 0 Å². The average molecular weight is 397 g/mol. The summed E-state index contributed by atoms with van der Waals surface area (Å²) in [6, 6.07) is 7.38. The van der Waals surface area contributed by atoms with E-state index in [0.717, 1.165) is 0 Å². The maximum atomic E-state index is 12.9. The summed E-state index contributed by atoms with van der Waals surface area (Å²) in [4.78, 5) is 26.1. The number of nitro benzene ring substituents is 1. The van der Waals surface area contributed by atoms with Crippen LogP contribution in [0.5, 0.6) is 0 Å². The molecular formula is C16H10F3N3O4S. The minimum absolute atomic E-state index is 0.00731. The molecular weight excluding hydrogens is 387 g/mol. The second-order valence-corrected chi connectivity index (χ2v) is 6.43. The third-order valence-electron chi connectivity index (χ3n) is 3.61. The summed E-state index contributed by atoms with van der Waals surface area (Å²) in [6.07, 6.45) is -4.83. The number of aromatic nitrogens is 1. The van der Waals surface area contributed by atoms with Crippen molar-refractivity contribution in [2.45, 2.75) is 12.8 Å². The zero-order valence-corrected chi connectivity index (χ0v) is 14.1. The van der Waals surface area contributed by atoms with Crippen LogP contribution in [0.3, 0.4) is 0 Å². The van der Waals surface area contributed by atoms with Crippen LogP contribution in [0.2, 0.25) is 0 Å². The number of rotatable bonds is 4. The molecule has 3 aromatic rings. The lowest BCUT2D eigenvalue weighted by Gasteiger charge is -2.09. The van der Waals surface area contributed by atoms with Crippen LogP contribution < -0.4 is 10.9 Å². The lowest BCUT2D eigenvalue weighted by molar-refractivity contribution is -0.383. The lowest BCUT2D eigenvalue weighted by Crippen LogP contribution is -2.12. The molecule has 27 heavy (non-hydrogen) atoms. The summed E-state index contributed by atoms with van der Waals surface area (Å²) in [6.45, 7) is -0.157. The highest BCUT2D eigenvalue weighted by molar-refractivity contribution is 7.22. The van der Waals surface area contributed by atoms with E-state index in [-0.39, 0.29) is 16.4 Å². The van der Waals surface area contributed by atoms with E-state index in [4.69, 9.17) is 5.11 Å². The molecule has 0 atom stereocenters. The third-order valence-corrected chi connectivity index (χ3v) is 4.63. The van der Waals surface area contributed by atoms with Crippen LogP contribution in [0.4, 0.5) is 29.7 Å². The van der Waals surface area contributed by atoms with Crippen molar-refractivity contribution in [3.05, 3.63) is 68.0 Å². The number of aliphatic hydroxyl groups is 1. The van der Waals surface area contributed by atoms with Gasteiger partial charge in [-0.15, -0.1) is 0 Å². The summed E-state index contributed by atoms with van der Waals surface area (Å²) in [5.74, 6) is 0. The Bertz CT molecular complexity index is 1080. The monoisotopic (exact) mass is 397 g/mol. The number of benzene rings is 2. The molecule has 0 radical (unpaired) electrons. The van der Waals surface area contributed by atoms with Gasteiger partial charge in [0.05, 0.1) is 22.5 Å². The summed E-state index contributed by atoms with van der Waals surface area (Å²) < 4.78 is 38.6. The van der Waals surface area contributed by atoms with E-state index in [1.165, 1.54) is 0 Å². The number of aliphatic hydroxyl groups excluding tert-OH is 1. The van der Waals surface area contributed by atoms with Crippen molar-refractivity contribution in [3.8, 4) is 0 Å². The van der Waals surface area contributed by atoms with Crippen molar-refractivity contribution >= 4 is 37.9 Å². The third kappa shape index (κ3) is 3.88. The van der Waals surface area contributed by atoms with E-state index in [1.807, 2.05) is 0 Å². The Hall–Kier alpha value is -3.05. The summed E-state index contributed by atoms with van der Waals surface area (Å²) in [5.41, 5.74) is -1.97. The van der Waals surface area contributed by atoms with E-state index in [9.17, 15) is 28.1 Å². The van der Waals surface area contributed by atoms with Gasteiger partial charge in [0.2, 0.25) is 0 Å². The molecule has 0 fully saturated rings. The molecule has 0 unspecified atom stereocenters. The van der Waals surface area contributed by atoms with Gasteiger partial charge in [0.25, 0.3) is 11.2 Å². The number of hydrogen-bond donors (Lipinski definition) is 2. The molecule has 2 aromatic carbocycles. The van der Waals surface area contributed by atoms with Crippen LogP contribution in [0.1, 0.15) is 11.1 Å². The molecule has 0 aliphatic carbocycles. The van der Waals surface area contributed by atoms with Crippen molar-refractivity contribution in [3.63, 3.8) is 0 Å². The standard InChI is InChI=1S/C16H10F3N3O4S/c17-16(18,19)9-5-11-13(12(6-9)22(25)26)27-15(21-14(11)24)20-10-3-1-8(7-23)2-4-10/h1-6,23H,7H2,(H,20,21,24). The fraction of sp³-hybridized carbons (Fsp3) is 0.125. The molecule has 0 saturated carbocycles. The van der Waals surface area contributed by atoms with Crippen LogP contribution in [0.25, 0.3) is 10.1 Å². The molecule has 0 spiro atoms. The Labute approximate surface area is 152 Å². The molecule has 11 heteroatoms. The summed E-state index contributed by atoms with van der Waals surface area (Å²) in [5, 5.41) is 22.5. The van der Waals surface area contributed by atoms with E-state index in [2.05, 4.69) is 10.3 Å². The molecule has 1 heterocycles. The molecule has 0 saturated heterocycles. The SMILES string of the molecule is O=c1nc(Nc2ccc(CO)cc2)sc2c([N+](=O)[O-])cc(C(F)(F)F)cc12. The van der Waals surface area contributed by atoms with Gasteiger partial charge in [-0.2, -0.15) is 18.2 Å². The minimum atomic E-state index is -4.83. The molecule has 0 aliphatic heterocycles. The smallest absolute Gasteiger partial charge is 0.392 e. The number of fused-ring (bicyclic) bond motifs is 1. The molecule has 140 valence electrons. The minimum Gasteiger partial charge on any atom is -0.392 e. The molecule has 0 bridgehead atoms. The van der Waals surface area contributed by atoms with Gasteiger partial charge >= 0.3 is 6.18 Å². The normalized spacial score (nSPS) is 11.6. The maximum absolute atomic E-state index is 12.9. The first-order valence-electron chi connectivity index (χ1n) is 7.36. The van der Waals surface area contributed by atoms with Gasteiger partial charge in [-0.3, -0.25) is 14.9 Å². The Balaban J connectivity index is 2.13. The van der Waals surface area contributed by atoms with Gasteiger partial charge in [0, 0.05) is 11.8 Å². The molecule has 1 aromatic heterocycles. The van der Waals surface area contributed by atoms with Crippen LogP contribution in [-0.4, -0.2) is 15.0 Å². The van der Waals surface area contributed by atoms with E-state index in [0.29, 0.717) is 34.7 Å². The number of hydrogen-bond acceptors (Lipinski definition) is 7. The lowest BCUT2D eigenvalue weighted by atomic mass is 10.1. The first kappa shape index (κ1) is 18.7. The Morgan fingerprint density at radius 2 is 1.89 bits per heavy atom. The quantitative estimate of drug-likeness (QED) is 0.512. The van der Waals surface area contributed by atoms with Crippen molar-refractivity contribution in [1.29, 1.82) is 0 Å². The zero-order valence-electron chi connectivity index (χ0n) is 13.3. The summed E-state index contributed by atoms with van der Waals surface area (Å²) >= 11 is 0.699. The molecule has 3 rings (SSSR count). The first-order chi connectivity index (χ1) is 12.7. The number of halogens is 3. The molecule has 0 aliphatic rings. The van der Waals surface area contributed by atoms with E-state index >= 15 is 0 Å². The predicted molar refractivity (Wildman–Crippen MR) is 93.2 cm³/mol. The van der Waals surface area contributed by atoms with Gasteiger partial charge in [0.1, 0.15) is 4.70 Å². The first-order valence-corrected chi connectivity index (χ1v) is 8.18. The molecule has 0 amide bonds. The van der Waals surface area contributed by atoms with Gasteiger partial charge < -0.3 is 10.4 Å². The fourth-order valence-corrected chi connectivity index (χ4v) is 3.31. The van der Waals surface area contributed by atoms with Gasteiger partial charge in [-0.1, -0.05) is 23.5 Å².